The molecule has 2 rings (SSSR count). The summed E-state index contributed by atoms with van der Waals surface area (Å²) in [5.74, 6) is 0.640. The molecule has 15 heavy (non-hydrogen) atoms. The number of hydrogen-bond donors (Lipinski definition) is 1. The SMILES string of the molecule is CN(Cc1ncc[nH]1)C(=O)C1(C#N)CC1. The third-order valence-corrected chi connectivity index (χ3v) is 2.66. The topological polar surface area (TPSA) is 72.8 Å². The van der Waals surface area contributed by atoms with Crippen LogP contribution >= 0.6 is 0 Å². The summed E-state index contributed by atoms with van der Waals surface area (Å²) >= 11 is 0. The van der Waals surface area contributed by atoms with Gasteiger partial charge < -0.3 is 9.88 Å². The number of carbonyl (C=O) groups excluding carboxylic acids is 1. The quantitative estimate of drug-likeness (QED) is 0.786. The number of H-pyrrole nitrogens is 1. The van der Waals surface area contributed by atoms with Gasteiger partial charge in [-0.1, -0.05) is 0 Å². The molecule has 0 bridgehead atoms. The Balaban J connectivity index is 2.00. The Labute approximate surface area is 87.7 Å². The van der Waals surface area contributed by atoms with Gasteiger partial charge in [-0.2, -0.15) is 5.26 Å². The van der Waals surface area contributed by atoms with Gasteiger partial charge >= 0.3 is 0 Å². The van der Waals surface area contributed by atoms with Crippen LogP contribution in [0.3, 0.4) is 0 Å². The summed E-state index contributed by atoms with van der Waals surface area (Å²) in [6, 6.07) is 2.09. The van der Waals surface area contributed by atoms with Crippen molar-refractivity contribution in [2.24, 2.45) is 5.41 Å². The highest BCUT2D eigenvalue weighted by molar-refractivity contribution is 5.88. The van der Waals surface area contributed by atoms with Crippen molar-refractivity contribution in [2.75, 3.05) is 7.05 Å². The van der Waals surface area contributed by atoms with E-state index in [1.54, 1.807) is 24.3 Å². The van der Waals surface area contributed by atoms with Gasteiger partial charge in [-0.25, -0.2) is 4.98 Å². The summed E-state index contributed by atoms with van der Waals surface area (Å²) in [5.41, 5.74) is -0.735. The molecule has 5 heteroatoms. The molecular formula is C10H12N4O. The molecule has 1 N–H and O–H groups in total. The average molecular weight is 204 g/mol. The zero-order valence-corrected chi connectivity index (χ0v) is 8.53. The van der Waals surface area contributed by atoms with Crippen LogP contribution in [0.4, 0.5) is 0 Å². The van der Waals surface area contributed by atoms with Crippen molar-refractivity contribution in [2.45, 2.75) is 19.4 Å². The molecule has 0 saturated heterocycles. The zero-order valence-electron chi connectivity index (χ0n) is 8.53. The Bertz CT molecular complexity index is 400. The van der Waals surface area contributed by atoms with Crippen LogP contribution < -0.4 is 0 Å². The minimum absolute atomic E-state index is 0.0959. The van der Waals surface area contributed by atoms with Crippen LogP contribution in [0.25, 0.3) is 0 Å². The van der Waals surface area contributed by atoms with Gasteiger partial charge in [0.1, 0.15) is 11.2 Å². The van der Waals surface area contributed by atoms with Gasteiger partial charge in [0, 0.05) is 19.4 Å². The maximum absolute atomic E-state index is 11.8. The van der Waals surface area contributed by atoms with E-state index in [1.807, 2.05) is 0 Å². The molecule has 0 spiro atoms. The number of imidazole rings is 1. The number of amides is 1. The van der Waals surface area contributed by atoms with Crippen molar-refractivity contribution in [1.29, 1.82) is 5.26 Å². The molecule has 1 heterocycles. The average Bonchev–Trinajstić information content (AvgIpc) is 2.89. The van der Waals surface area contributed by atoms with E-state index in [9.17, 15) is 4.79 Å². The fraction of sp³-hybridized carbons (Fsp3) is 0.500. The molecule has 0 aliphatic heterocycles. The Morgan fingerprint density at radius 1 is 1.80 bits per heavy atom. The van der Waals surface area contributed by atoms with E-state index in [-0.39, 0.29) is 5.91 Å². The molecular weight excluding hydrogens is 192 g/mol. The molecule has 1 aromatic rings. The number of rotatable bonds is 3. The van der Waals surface area contributed by atoms with Crippen molar-refractivity contribution in [3.05, 3.63) is 18.2 Å². The maximum Gasteiger partial charge on any atom is 0.243 e. The highest BCUT2D eigenvalue weighted by atomic mass is 16.2. The molecule has 0 radical (unpaired) electrons. The molecule has 0 atom stereocenters. The van der Waals surface area contributed by atoms with E-state index < -0.39 is 5.41 Å². The highest BCUT2D eigenvalue weighted by Crippen LogP contribution is 2.46. The number of nitrogens with one attached hydrogen (secondary N) is 1. The van der Waals surface area contributed by atoms with Crippen LogP contribution in [0.1, 0.15) is 18.7 Å². The minimum atomic E-state index is -0.735. The molecule has 1 aromatic heterocycles. The number of aromatic nitrogens is 2. The van der Waals surface area contributed by atoms with Gasteiger partial charge in [-0.05, 0) is 12.8 Å². The van der Waals surface area contributed by atoms with E-state index in [4.69, 9.17) is 5.26 Å². The molecule has 1 amide bonds. The molecule has 0 unspecified atom stereocenters. The van der Waals surface area contributed by atoms with Crippen molar-refractivity contribution in [3.63, 3.8) is 0 Å². The zero-order chi connectivity index (χ0) is 10.9. The summed E-state index contributed by atoms with van der Waals surface area (Å²) < 4.78 is 0. The normalized spacial score (nSPS) is 16.8. The minimum Gasteiger partial charge on any atom is -0.347 e. The number of aromatic amines is 1. The lowest BCUT2D eigenvalue weighted by Crippen LogP contribution is -2.33. The van der Waals surface area contributed by atoms with E-state index >= 15 is 0 Å². The van der Waals surface area contributed by atoms with E-state index in [2.05, 4.69) is 16.0 Å². The van der Waals surface area contributed by atoms with Crippen LogP contribution in [-0.2, 0) is 11.3 Å². The van der Waals surface area contributed by atoms with Gasteiger partial charge in [0.25, 0.3) is 0 Å². The van der Waals surface area contributed by atoms with Crippen molar-refractivity contribution in [3.8, 4) is 6.07 Å². The van der Waals surface area contributed by atoms with Crippen LogP contribution in [0.5, 0.6) is 0 Å². The lowest BCUT2D eigenvalue weighted by atomic mass is 10.1. The summed E-state index contributed by atoms with van der Waals surface area (Å²) in [6.45, 7) is 0.426. The number of carbonyl (C=O) groups is 1. The van der Waals surface area contributed by atoms with Crippen LogP contribution in [-0.4, -0.2) is 27.8 Å². The number of nitriles is 1. The van der Waals surface area contributed by atoms with E-state index in [1.165, 1.54) is 0 Å². The third-order valence-electron chi connectivity index (χ3n) is 2.66. The van der Waals surface area contributed by atoms with Crippen LogP contribution in [0, 0.1) is 16.7 Å². The smallest absolute Gasteiger partial charge is 0.243 e. The molecule has 1 saturated carbocycles. The molecule has 5 nitrogen and oxygen atoms in total. The fourth-order valence-corrected chi connectivity index (χ4v) is 1.54. The van der Waals surface area contributed by atoms with Crippen molar-refractivity contribution < 1.29 is 4.79 Å². The lowest BCUT2D eigenvalue weighted by Gasteiger charge is -2.18. The van der Waals surface area contributed by atoms with Gasteiger partial charge in [-0.15, -0.1) is 0 Å². The second-order valence-electron chi connectivity index (χ2n) is 3.89. The van der Waals surface area contributed by atoms with Gasteiger partial charge in [0.2, 0.25) is 5.91 Å². The Hall–Kier alpha value is -1.83. The van der Waals surface area contributed by atoms with Gasteiger partial charge in [-0.3, -0.25) is 4.79 Å². The van der Waals surface area contributed by atoms with E-state index in [0.717, 1.165) is 5.82 Å². The molecule has 0 aromatic carbocycles. The molecule has 78 valence electrons. The summed E-state index contributed by atoms with van der Waals surface area (Å²) in [5, 5.41) is 8.88. The number of nitrogens with zero attached hydrogens (tertiary/aromatic N) is 3. The molecule has 1 aliphatic carbocycles. The maximum atomic E-state index is 11.8. The largest absolute Gasteiger partial charge is 0.347 e. The van der Waals surface area contributed by atoms with Gasteiger partial charge in [0.15, 0.2) is 0 Å². The first-order valence-electron chi connectivity index (χ1n) is 4.83. The predicted molar refractivity (Wildman–Crippen MR) is 52.3 cm³/mol. The Kier molecular flexibility index (Phi) is 2.19. The van der Waals surface area contributed by atoms with Crippen molar-refractivity contribution in [1.82, 2.24) is 14.9 Å². The van der Waals surface area contributed by atoms with Crippen LogP contribution in [0.15, 0.2) is 12.4 Å². The Morgan fingerprint density at radius 3 is 3.00 bits per heavy atom. The molecule has 1 fully saturated rings. The fourth-order valence-electron chi connectivity index (χ4n) is 1.54. The van der Waals surface area contributed by atoms with E-state index in [0.29, 0.717) is 19.4 Å². The predicted octanol–water partition coefficient (Wildman–Crippen LogP) is 0.672. The number of hydrogen-bond acceptors (Lipinski definition) is 3. The Morgan fingerprint density at radius 2 is 2.53 bits per heavy atom. The monoisotopic (exact) mass is 204 g/mol. The molecule has 1 aliphatic rings. The first-order valence-corrected chi connectivity index (χ1v) is 4.83. The summed E-state index contributed by atoms with van der Waals surface area (Å²) in [7, 11) is 1.70. The second kappa shape index (κ2) is 3.39. The first kappa shape index (κ1) is 9.71. The van der Waals surface area contributed by atoms with Crippen molar-refractivity contribution >= 4 is 5.91 Å². The summed E-state index contributed by atoms with van der Waals surface area (Å²) in [4.78, 5) is 20.4. The third kappa shape index (κ3) is 1.71. The van der Waals surface area contributed by atoms with Crippen LogP contribution in [0.2, 0.25) is 0 Å². The summed E-state index contributed by atoms with van der Waals surface area (Å²) in [6.07, 6.45) is 4.73. The standard InChI is InChI=1S/C10H12N4O/c1-14(6-8-12-4-5-13-8)9(15)10(7-11)2-3-10/h4-5H,2-3,6H2,1H3,(H,12,13). The second-order valence-corrected chi connectivity index (χ2v) is 3.89. The lowest BCUT2D eigenvalue weighted by molar-refractivity contribution is -0.134. The van der Waals surface area contributed by atoms with Gasteiger partial charge in [0.05, 0.1) is 12.6 Å². The highest BCUT2D eigenvalue weighted by Gasteiger charge is 2.51. The first-order chi connectivity index (χ1) is 7.18.